The van der Waals surface area contributed by atoms with Gasteiger partial charge < -0.3 is 9.64 Å². The number of benzene rings is 1. The maximum atomic E-state index is 12.9. The van der Waals surface area contributed by atoms with Crippen LogP contribution in [0.4, 0.5) is 13.2 Å². The van der Waals surface area contributed by atoms with E-state index in [1.807, 2.05) is 36.8 Å². The molecule has 0 aromatic heterocycles. The van der Waals surface area contributed by atoms with Gasteiger partial charge in [-0.1, -0.05) is 44.1 Å². The van der Waals surface area contributed by atoms with Crippen LogP contribution in [0.2, 0.25) is 0 Å². The summed E-state index contributed by atoms with van der Waals surface area (Å²) in [6.07, 6.45) is 0.290. The summed E-state index contributed by atoms with van der Waals surface area (Å²) in [6, 6.07) is 6.37. The number of fused-ring (bicyclic) bond motifs is 2. The van der Waals surface area contributed by atoms with Crippen molar-refractivity contribution >= 4 is 24.6 Å². The maximum Gasteiger partial charge on any atom is 0.573 e. The standard InChI is InChI=1S/C21H19BF3N3O2.C2H6/c23-21(24,25)30-18-5-2-1-4-16(18)13-8-14-11-28(12-15(14)9-13)19(29)17-10-22-6-3-7-26-20(22)27-17;1-2/h1-7,10,13-15H,8-9,11-12H2;1-2H3/t13?,14-,15+;. The summed E-state index contributed by atoms with van der Waals surface area (Å²) in [5.74, 6) is 4.13. The Morgan fingerprint density at radius 3 is 2.50 bits per heavy atom. The molecule has 3 atom stereocenters. The van der Waals surface area contributed by atoms with Crippen molar-refractivity contribution in [2.24, 2.45) is 21.8 Å². The van der Waals surface area contributed by atoms with Crippen LogP contribution in [0.1, 0.15) is 38.2 Å². The maximum absolute atomic E-state index is 12.9. The number of hydrogen-bond acceptors (Lipinski definition) is 4. The topological polar surface area (TPSA) is 54.3 Å². The number of amidine groups is 1. The van der Waals surface area contributed by atoms with E-state index in [2.05, 4.69) is 14.7 Å². The predicted molar refractivity (Wildman–Crippen MR) is 119 cm³/mol. The van der Waals surface area contributed by atoms with Crippen LogP contribution in [-0.2, 0) is 4.79 Å². The average molecular weight is 443 g/mol. The number of aliphatic imine (C=N–C) groups is 2. The van der Waals surface area contributed by atoms with E-state index in [0.29, 0.717) is 30.1 Å². The highest BCUT2D eigenvalue weighted by Crippen LogP contribution is 2.48. The molecule has 32 heavy (non-hydrogen) atoms. The number of carbonyl (C=O) groups excluding carboxylic acids is 1. The first-order valence-corrected chi connectivity index (χ1v) is 11.0. The summed E-state index contributed by atoms with van der Waals surface area (Å²) < 4.78 is 42.5. The van der Waals surface area contributed by atoms with Crippen molar-refractivity contribution in [3.05, 3.63) is 53.6 Å². The van der Waals surface area contributed by atoms with E-state index in [4.69, 9.17) is 0 Å². The van der Waals surface area contributed by atoms with Gasteiger partial charge in [0.2, 0.25) is 0 Å². The molecule has 2 fully saturated rings. The van der Waals surface area contributed by atoms with Crippen LogP contribution >= 0.6 is 0 Å². The number of carbonyl (C=O) groups is 1. The molecule has 0 radical (unpaired) electrons. The van der Waals surface area contributed by atoms with Gasteiger partial charge in [-0.2, -0.15) is 0 Å². The molecule has 0 spiro atoms. The first-order chi connectivity index (χ1) is 15.4. The number of ether oxygens (including phenoxy) is 1. The first-order valence-electron chi connectivity index (χ1n) is 11.0. The van der Waals surface area contributed by atoms with Gasteiger partial charge in [0.1, 0.15) is 11.4 Å². The fraction of sp³-hybridized carbons (Fsp3) is 0.435. The average Bonchev–Trinajstić information content (AvgIpc) is 3.47. The third kappa shape index (κ3) is 4.52. The van der Waals surface area contributed by atoms with Gasteiger partial charge in [0.15, 0.2) is 0 Å². The van der Waals surface area contributed by atoms with E-state index >= 15 is 0 Å². The highest BCUT2D eigenvalue weighted by atomic mass is 19.4. The molecular weight excluding hydrogens is 418 g/mol. The number of amides is 1. The Balaban J connectivity index is 0.00000119. The normalized spacial score (nSPS) is 25.6. The third-order valence-corrected chi connectivity index (χ3v) is 6.32. The molecular formula is C23H25BF3N3O2. The van der Waals surface area contributed by atoms with Crippen LogP contribution in [0, 0.1) is 11.8 Å². The van der Waals surface area contributed by atoms with Gasteiger partial charge in [0, 0.05) is 19.3 Å². The van der Waals surface area contributed by atoms with Crippen molar-refractivity contribution in [2.75, 3.05) is 13.1 Å². The van der Waals surface area contributed by atoms with Crippen molar-refractivity contribution in [3.63, 3.8) is 0 Å². The molecule has 1 aromatic carbocycles. The molecule has 1 aromatic rings. The second-order valence-electron chi connectivity index (χ2n) is 8.20. The first kappa shape index (κ1) is 22.4. The number of halogens is 3. The molecule has 9 heteroatoms. The summed E-state index contributed by atoms with van der Waals surface area (Å²) in [7, 11) is 0. The largest absolute Gasteiger partial charge is 0.573 e. The van der Waals surface area contributed by atoms with Crippen molar-refractivity contribution in [2.45, 2.75) is 39.0 Å². The van der Waals surface area contributed by atoms with E-state index in [1.54, 1.807) is 24.4 Å². The SMILES string of the molecule is CC.O=C(C1=CB2C=CC=NC2=N1)N1C[C@H]2CC(c3ccccc3OC(F)(F)F)C[C@H]2C1. The minimum absolute atomic E-state index is 0.00378. The predicted octanol–water partition coefficient (Wildman–Crippen LogP) is 4.61. The van der Waals surface area contributed by atoms with E-state index in [0.717, 1.165) is 12.8 Å². The van der Waals surface area contributed by atoms with Crippen LogP contribution in [0.25, 0.3) is 0 Å². The number of likely N-dealkylation sites (tertiary alicyclic amines) is 1. The van der Waals surface area contributed by atoms with Crippen LogP contribution in [0.3, 0.4) is 0 Å². The molecule has 0 N–H and O–H groups in total. The van der Waals surface area contributed by atoms with Gasteiger partial charge in [0.05, 0.1) is 5.73 Å². The molecule has 0 bridgehead atoms. The van der Waals surface area contributed by atoms with Gasteiger partial charge in [-0.05, 0) is 42.2 Å². The van der Waals surface area contributed by atoms with Crippen LogP contribution in [0.5, 0.6) is 5.75 Å². The molecule has 1 unspecified atom stereocenters. The fourth-order valence-corrected chi connectivity index (χ4v) is 5.06. The molecule has 5 rings (SSSR count). The van der Waals surface area contributed by atoms with Gasteiger partial charge >= 0.3 is 6.36 Å². The second-order valence-corrected chi connectivity index (χ2v) is 8.20. The lowest BCUT2D eigenvalue weighted by Crippen LogP contribution is -2.30. The molecule has 168 valence electrons. The third-order valence-electron chi connectivity index (χ3n) is 6.32. The van der Waals surface area contributed by atoms with Crippen LogP contribution in [0.15, 0.2) is 58.0 Å². The van der Waals surface area contributed by atoms with Gasteiger partial charge in [-0.3, -0.25) is 9.79 Å². The molecule has 4 aliphatic rings. The van der Waals surface area contributed by atoms with Gasteiger partial charge in [0.25, 0.3) is 12.6 Å². The zero-order chi connectivity index (χ0) is 22.9. The van der Waals surface area contributed by atoms with E-state index in [-0.39, 0.29) is 36.1 Å². The lowest BCUT2D eigenvalue weighted by atomic mass is 9.49. The molecule has 1 aliphatic carbocycles. The van der Waals surface area contributed by atoms with Gasteiger partial charge in [-0.15, -0.1) is 19.1 Å². The van der Waals surface area contributed by atoms with Crippen molar-refractivity contribution in [3.8, 4) is 5.75 Å². The summed E-state index contributed by atoms with van der Waals surface area (Å²) in [6.45, 7) is 5.17. The smallest absolute Gasteiger partial charge is 0.405 e. The zero-order valence-electron chi connectivity index (χ0n) is 18.0. The zero-order valence-corrected chi connectivity index (χ0v) is 18.0. The molecule has 5 nitrogen and oxygen atoms in total. The summed E-state index contributed by atoms with van der Waals surface area (Å²) in [5, 5.41) is 0. The Hall–Kier alpha value is -2.84. The Morgan fingerprint density at radius 2 is 1.84 bits per heavy atom. The lowest BCUT2D eigenvalue weighted by Gasteiger charge is -2.21. The fourth-order valence-electron chi connectivity index (χ4n) is 5.06. The van der Waals surface area contributed by atoms with Crippen molar-refractivity contribution < 1.29 is 22.7 Å². The summed E-state index contributed by atoms with van der Waals surface area (Å²) in [5.41, 5.74) is 1.67. The minimum Gasteiger partial charge on any atom is -0.405 e. The van der Waals surface area contributed by atoms with E-state index < -0.39 is 6.36 Å². The summed E-state index contributed by atoms with van der Waals surface area (Å²) in [4.78, 5) is 23.3. The summed E-state index contributed by atoms with van der Waals surface area (Å²) >= 11 is 0. The van der Waals surface area contributed by atoms with Crippen molar-refractivity contribution in [1.29, 1.82) is 0 Å². The number of hydrogen-bond donors (Lipinski definition) is 0. The minimum atomic E-state index is -4.71. The van der Waals surface area contributed by atoms with Crippen LogP contribution in [-0.4, -0.2) is 48.9 Å². The highest BCUT2D eigenvalue weighted by molar-refractivity contribution is 7.00. The highest BCUT2D eigenvalue weighted by Gasteiger charge is 2.45. The number of nitrogens with zero attached hydrogens (tertiary/aromatic N) is 3. The molecule has 3 aliphatic heterocycles. The van der Waals surface area contributed by atoms with E-state index in [1.165, 1.54) is 6.07 Å². The quantitative estimate of drug-likeness (QED) is 0.641. The number of para-hydroxylation sites is 1. The Labute approximate surface area is 185 Å². The van der Waals surface area contributed by atoms with Crippen molar-refractivity contribution in [1.82, 2.24) is 4.90 Å². The van der Waals surface area contributed by atoms with Crippen LogP contribution < -0.4 is 4.74 Å². The lowest BCUT2D eigenvalue weighted by molar-refractivity contribution is -0.275. The second kappa shape index (κ2) is 8.96. The molecule has 1 saturated carbocycles. The van der Waals surface area contributed by atoms with Gasteiger partial charge in [-0.25, -0.2) is 4.99 Å². The van der Waals surface area contributed by atoms with E-state index in [9.17, 15) is 18.0 Å². The number of rotatable bonds is 3. The Bertz CT molecular complexity index is 988. The Kier molecular flexibility index (Phi) is 6.26. The Morgan fingerprint density at radius 1 is 1.16 bits per heavy atom. The molecule has 1 amide bonds. The monoisotopic (exact) mass is 443 g/mol. The molecule has 1 saturated heterocycles. The number of alkyl halides is 3. The molecule has 3 heterocycles. The number of allylic oxidation sites excluding steroid dienone is 1.